The van der Waals surface area contributed by atoms with Crippen LogP contribution in [0.15, 0.2) is 48.5 Å². The summed E-state index contributed by atoms with van der Waals surface area (Å²) >= 11 is 0. The molecule has 0 spiro atoms. The molecule has 0 aliphatic carbocycles. The predicted octanol–water partition coefficient (Wildman–Crippen LogP) is 2.73. The van der Waals surface area contributed by atoms with Gasteiger partial charge in [-0.3, -0.25) is 4.79 Å². The first-order valence-corrected chi connectivity index (χ1v) is 6.32. The van der Waals surface area contributed by atoms with Crippen molar-refractivity contribution in [3.63, 3.8) is 0 Å². The first kappa shape index (κ1) is 14.7. The Morgan fingerprint density at radius 2 is 1.81 bits per heavy atom. The van der Waals surface area contributed by atoms with E-state index in [0.29, 0.717) is 11.3 Å². The standard InChI is InChI=1S/C16H14FNO3/c1-18(14-7-5-12(6-8-14)16(20)21)15(19)10-11-3-2-4-13(17)9-11/h2-9H,10H2,1H3,(H,20,21). The Bertz CT molecular complexity index is 667. The number of halogens is 1. The van der Waals surface area contributed by atoms with Gasteiger partial charge < -0.3 is 10.0 Å². The zero-order valence-corrected chi connectivity index (χ0v) is 11.4. The zero-order chi connectivity index (χ0) is 15.4. The van der Waals surface area contributed by atoms with Crippen LogP contribution in [0.2, 0.25) is 0 Å². The van der Waals surface area contributed by atoms with Crippen LogP contribution in [0.3, 0.4) is 0 Å². The third kappa shape index (κ3) is 3.66. The lowest BCUT2D eigenvalue weighted by molar-refractivity contribution is -0.117. The Morgan fingerprint density at radius 1 is 1.14 bits per heavy atom. The maximum Gasteiger partial charge on any atom is 0.335 e. The van der Waals surface area contributed by atoms with E-state index in [2.05, 4.69) is 0 Å². The van der Waals surface area contributed by atoms with E-state index in [1.54, 1.807) is 31.3 Å². The summed E-state index contributed by atoms with van der Waals surface area (Å²) in [7, 11) is 1.59. The third-order valence-corrected chi connectivity index (χ3v) is 3.12. The van der Waals surface area contributed by atoms with Crippen molar-refractivity contribution in [1.29, 1.82) is 0 Å². The van der Waals surface area contributed by atoms with E-state index in [9.17, 15) is 14.0 Å². The highest BCUT2D eigenvalue weighted by Crippen LogP contribution is 2.15. The first-order chi connectivity index (χ1) is 9.97. The van der Waals surface area contributed by atoms with Gasteiger partial charge in [-0.05, 0) is 42.0 Å². The number of carbonyl (C=O) groups is 2. The molecule has 0 atom stereocenters. The summed E-state index contributed by atoms with van der Waals surface area (Å²) in [6.07, 6.45) is 0.0783. The van der Waals surface area contributed by atoms with Gasteiger partial charge in [0.05, 0.1) is 12.0 Å². The van der Waals surface area contributed by atoms with Gasteiger partial charge in [0.15, 0.2) is 0 Å². The monoisotopic (exact) mass is 287 g/mol. The minimum atomic E-state index is -1.02. The molecule has 0 bridgehead atoms. The fourth-order valence-electron chi connectivity index (χ4n) is 1.91. The second kappa shape index (κ2) is 6.17. The Labute approximate surface area is 121 Å². The SMILES string of the molecule is CN(C(=O)Cc1cccc(F)c1)c1ccc(C(=O)O)cc1. The van der Waals surface area contributed by atoms with Crippen LogP contribution in [0.5, 0.6) is 0 Å². The number of carboxylic acids is 1. The Morgan fingerprint density at radius 3 is 2.38 bits per heavy atom. The molecule has 0 saturated heterocycles. The summed E-state index contributed by atoms with van der Waals surface area (Å²) in [5.41, 5.74) is 1.33. The Hall–Kier alpha value is -2.69. The van der Waals surface area contributed by atoms with E-state index in [0.717, 1.165) is 0 Å². The minimum absolute atomic E-state index is 0.0783. The van der Waals surface area contributed by atoms with Crippen molar-refractivity contribution in [3.05, 3.63) is 65.5 Å². The molecule has 0 saturated carbocycles. The van der Waals surface area contributed by atoms with Crippen molar-refractivity contribution < 1.29 is 19.1 Å². The summed E-state index contributed by atoms with van der Waals surface area (Å²) < 4.78 is 13.1. The quantitative estimate of drug-likeness (QED) is 0.940. The maximum absolute atomic E-state index is 13.1. The second-order valence-electron chi connectivity index (χ2n) is 4.61. The fourth-order valence-corrected chi connectivity index (χ4v) is 1.91. The molecule has 0 fully saturated rings. The largest absolute Gasteiger partial charge is 0.478 e. The lowest BCUT2D eigenvalue weighted by Gasteiger charge is -2.17. The first-order valence-electron chi connectivity index (χ1n) is 6.32. The molecular weight excluding hydrogens is 273 g/mol. The van der Waals surface area contributed by atoms with Crippen LogP contribution in [0.25, 0.3) is 0 Å². The van der Waals surface area contributed by atoms with Gasteiger partial charge in [0.2, 0.25) is 5.91 Å². The average Bonchev–Trinajstić information content (AvgIpc) is 2.46. The molecule has 1 N–H and O–H groups in total. The normalized spacial score (nSPS) is 10.2. The van der Waals surface area contributed by atoms with Crippen molar-refractivity contribution in [2.75, 3.05) is 11.9 Å². The topological polar surface area (TPSA) is 57.6 Å². The number of amides is 1. The van der Waals surface area contributed by atoms with E-state index < -0.39 is 5.97 Å². The van der Waals surface area contributed by atoms with Crippen LogP contribution in [-0.2, 0) is 11.2 Å². The highest BCUT2D eigenvalue weighted by atomic mass is 19.1. The van der Waals surface area contributed by atoms with Gasteiger partial charge in [-0.15, -0.1) is 0 Å². The summed E-state index contributed by atoms with van der Waals surface area (Å²) in [6.45, 7) is 0. The van der Waals surface area contributed by atoms with Crippen LogP contribution in [0, 0.1) is 5.82 Å². The second-order valence-corrected chi connectivity index (χ2v) is 4.61. The molecule has 108 valence electrons. The van der Waals surface area contributed by atoms with Crippen LogP contribution >= 0.6 is 0 Å². The molecule has 0 aliphatic rings. The number of nitrogens with zero attached hydrogens (tertiary/aromatic N) is 1. The summed E-state index contributed by atoms with van der Waals surface area (Å²) in [5.74, 6) is -1.60. The van der Waals surface area contributed by atoms with Crippen molar-refractivity contribution in [2.24, 2.45) is 0 Å². The molecule has 4 nitrogen and oxygen atoms in total. The highest BCUT2D eigenvalue weighted by Gasteiger charge is 2.12. The number of carbonyl (C=O) groups excluding carboxylic acids is 1. The number of aromatic carboxylic acids is 1. The van der Waals surface area contributed by atoms with Crippen LogP contribution < -0.4 is 4.90 Å². The van der Waals surface area contributed by atoms with Crippen molar-refractivity contribution >= 4 is 17.6 Å². The molecule has 0 radical (unpaired) electrons. The van der Waals surface area contributed by atoms with Gasteiger partial charge in [0, 0.05) is 12.7 Å². The lowest BCUT2D eigenvalue weighted by atomic mass is 10.1. The summed E-state index contributed by atoms with van der Waals surface area (Å²) in [6, 6.07) is 11.9. The molecule has 5 heteroatoms. The molecule has 1 amide bonds. The molecule has 2 rings (SSSR count). The van der Waals surface area contributed by atoms with Gasteiger partial charge in [0.1, 0.15) is 5.82 Å². The summed E-state index contributed by atoms with van der Waals surface area (Å²) in [4.78, 5) is 24.3. The summed E-state index contributed by atoms with van der Waals surface area (Å²) in [5, 5.41) is 8.83. The van der Waals surface area contributed by atoms with E-state index in [4.69, 9.17) is 5.11 Å². The van der Waals surface area contributed by atoms with E-state index >= 15 is 0 Å². The number of carboxylic acid groups (broad SMARTS) is 1. The number of benzene rings is 2. The van der Waals surface area contributed by atoms with Gasteiger partial charge in [0.25, 0.3) is 0 Å². The number of hydrogen-bond acceptors (Lipinski definition) is 2. The van der Waals surface area contributed by atoms with Crippen molar-refractivity contribution in [2.45, 2.75) is 6.42 Å². The number of rotatable bonds is 4. The number of likely N-dealkylation sites (N-methyl/N-ethyl adjacent to an activating group) is 1. The van der Waals surface area contributed by atoms with Gasteiger partial charge in [-0.1, -0.05) is 12.1 Å². The number of hydrogen-bond donors (Lipinski definition) is 1. The Balaban J connectivity index is 2.10. The lowest BCUT2D eigenvalue weighted by Crippen LogP contribution is -2.27. The van der Waals surface area contributed by atoms with Gasteiger partial charge in [-0.25, -0.2) is 9.18 Å². The molecule has 2 aromatic carbocycles. The van der Waals surface area contributed by atoms with E-state index in [1.807, 2.05) is 0 Å². The average molecular weight is 287 g/mol. The highest BCUT2D eigenvalue weighted by molar-refractivity contribution is 5.95. The van der Waals surface area contributed by atoms with Crippen molar-refractivity contribution in [3.8, 4) is 0 Å². The zero-order valence-electron chi connectivity index (χ0n) is 11.4. The van der Waals surface area contributed by atoms with Crippen LogP contribution in [-0.4, -0.2) is 24.0 Å². The minimum Gasteiger partial charge on any atom is -0.478 e. The molecule has 0 heterocycles. The molecule has 0 unspecified atom stereocenters. The molecule has 21 heavy (non-hydrogen) atoms. The van der Waals surface area contributed by atoms with E-state index in [1.165, 1.54) is 29.2 Å². The molecular formula is C16H14FNO3. The number of anilines is 1. The maximum atomic E-state index is 13.1. The van der Waals surface area contributed by atoms with Crippen LogP contribution in [0.4, 0.5) is 10.1 Å². The molecule has 0 aliphatic heterocycles. The third-order valence-electron chi connectivity index (χ3n) is 3.12. The van der Waals surface area contributed by atoms with Gasteiger partial charge in [-0.2, -0.15) is 0 Å². The molecule has 2 aromatic rings. The Kier molecular flexibility index (Phi) is 4.33. The van der Waals surface area contributed by atoms with Gasteiger partial charge >= 0.3 is 5.97 Å². The molecule has 0 aromatic heterocycles. The smallest absolute Gasteiger partial charge is 0.335 e. The van der Waals surface area contributed by atoms with Crippen molar-refractivity contribution in [1.82, 2.24) is 0 Å². The predicted molar refractivity (Wildman–Crippen MR) is 76.9 cm³/mol. The van der Waals surface area contributed by atoms with E-state index in [-0.39, 0.29) is 23.7 Å². The fraction of sp³-hybridized carbons (Fsp3) is 0.125. The van der Waals surface area contributed by atoms with Crippen LogP contribution in [0.1, 0.15) is 15.9 Å².